The lowest BCUT2D eigenvalue weighted by Crippen LogP contribution is -2.40. The maximum atomic E-state index is 12.8. The highest BCUT2D eigenvalue weighted by Gasteiger charge is 2.37. The van der Waals surface area contributed by atoms with E-state index in [1.54, 1.807) is 4.90 Å². The molecular weight excluding hydrogens is 369 g/mol. The highest BCUT2D eigenvalue weighted by atomic mass is 32.2. The fraction of sp³-hybridized carbons (Fsp3) is 0.353. The second-order valence-corrected chi connectivity index (χ2v) is 6.97. The molecule has 2 heterocycles. The minimum absolute atomic E-state index is 0.00328. The zero-order chi connectivity index (χ0) is 18.9. The number of alkyl halides is 3. The summed E-state index contributed by atoms with van der Waals surface area (Å²) in [6.07, 6.45) is -1.47. The number of carbonyl (C=O) groups is 3. The lowest BCUT2D eigenvalue weighted by atomic mass is 10.1. The predicted molar refractivity (Wildman–Crippen MR) is 89.9 cm³/mol. The molecule has 2 aliphatic heterocycles. The first-order valence-electron chi connectivity index (χ1n) is 7.96. The Morgan fingerprint density at radius 1 is 1.19 bits per heavy atom. The van der Waals surface area contributed by atoms with E-state index in [0.29, 0.717) is 24.9 Å². The summed E-state index contributed by atoms with van der Waals surface area (Å²) in [5.41, 5.74) is -0.675. The maximum absolute atomic E-state index is 12.8. The number of imide groups is 1. The summed E-state index contributed by atoms with van der Waals surface area (Å²) in [4.78, 5) is 39.0. The second kappa shape index (κ2) is 7.14. The first-order chi connectivity index (χ1) is 12.3. The monoisotopic (exact) mass is 384 g/mol. The Labute approximate surface area is 151 Å². The van der Waals surface area contributed by atoms with Gasteiger partial charge in [0.25, 0.3) is 11.1 Å². The molecule has 0 bridgehead atoms. The Bertz CT molecular complexity index is 786. The summed E-state index contributed by atoms with van der Waals surface area (Å²) in [6, 6.07) is 4.48. The van der Waals surface area contributed by atoms with Gasteiger partial charge in [-0.05, 0) is 48.4 Å². The zero-order valence-corrected chi connectivity index (χ0v) is 14.4. The lowest BCUT2D eigenvalue weighted by Gasteiger charge is -2.18. The predicted octanol–water partition coefficient (Wildman–Crippen LogP) is 3.36. The highest BCUT2D eigenvalue weighted by molar-refractivity contribution is 8.18. The maximum Gasteiger partial charge on any atom is 0.416 e. The second-order valence-electron chi connectivity index (χ2n) is 5.98. The molecule has 0 saturated carbocycles. The van der Waals surface area contributed by atoms with Crippen molar-refractivity contribution in [1.29, 1.82) is 0 Å². The Kier molecular flexibility index (Phi) is 5.08. The third-order valence-electron chi connectivity index (χ3n) is 4.14. The Hall–Kier alpha value is -2.29. The molecule has 2 aliphatic rings. The van der Waals surface area contributed by atoms with E-state index >= 15 is 0 Å². The van der Waals surface area contributed by atoms with Gasteiger partial charge in [0.15, 0.2) is 0 Å². The summed E-state index contributed by atoms with van der Waals surface area (Å²) < 4.78 is 38.3. The Balaban J connectivity index is 1.76. The third kappa shape index (κ3) is 3.92. The van der Waals surface area contributed by atoms with Crippen LogP contribution in [0.4, 0.5) is 18.0 Å². The van der Waals surface area contributed by atoms with E-state index in [0.717, 1.165) is 29.9 Å². The molecule has 0 radical (unpaired) electrons. The number of thioether (sulfide) groups is 1. The van der Waals surface area contributed by atoms with Crippen LogP contribution >= 0.6 is 11.8 Å². The standard InChI is InChI=1S/C17H15F3N2O3S/c18-17(19,20)12-5-3-4-11(8-12)9-13-15(24)22(16(25)26-13)10-14(23)21-6-1-2-7-21/h3-5,8-9H,1-2,6-7,10H2/b13-9-. The molecule has 0 aliphatic carbocycles. The molecule has 1 aromatic rings. The van der Waals surface area contributed by atoms with Gasteiger partial charge in [-0.2, -0.15) is 13.2 Å². The van der Waals surface area contributed by atoms with Gasteiger partial charge in [-0.1, -0.05) is 12.1 Å². The van der Waals surface area contributed by atoms with Crippen LogP contribution in [0.1, 0.15) is 24.0 Å². The van der Waals surface area contributed by atoms with Gasteiger partial charge in [0, 0.05) is 13.1 Å². The minimum Gasteiger partial charge on any atom is -0.341 e. The molecule has 1 aromatic carbocycles. The molecule has 138 valence electrons. The number of hydrogen-bond donors (Lipinski definition) is 0. The average molecular weight is 384 g/mol. The van der Waals surface area contributed by atoms with Crippen LogP contribution in [-0.4, -0.2) is 46.5 Å². The molecule has 0 spiro atoms. The van der Waals surface area contributed by atoms with E-state index in [1.807, 2.05) is 0 Å². The van der Waals surface area contributed by atoms with Gasteiger partial charge in [0.2, 0.25) is 5.91 Å². The molecule has 2 saturated heterocycles. The molecule has 0 unspecified atom stereocenters. The number of carbonyl (C=O) groups excluding carboxylic acids is 3. The Morgan fingerprint density at radius 3 is 2.54 bits per heavy atom. The van der Waals surface area contributed by atoms with Crippen molar-refractivity contribution in [1.82, 2.24) is 9.80 Å². The first-order valence-corrected chi connectivity index (χ1v) is 8.78. The number of benzene rings is 1. The van der Waals surface area contributed by atoms with Crippen LogP contribution in [0.25, 0.3) is 6.08 Å². The average Bonchev–Trinajstić information content (AvgIpc) is 3.19. The van der Waals surface area contributed by atoms with Crippen molar-refractivity contribution in [2.45, 2.75) is 19.0 Å². The van der Waals surface area contributed by atoms with Crippen LogP contribution in [0.5, 0.6) is 0 Å². The molecule has 0 atom stereocenters. The van der Waals surface area contributed by atoms with E-state index in [9.17, 15) is 27.6 Å². The minimum atomic E-state index is -4.49. The van der Waals surface area contributed by atoms with Gasteiger partial charge < -0.3 is 4.90 Å². The van der Waals surface area contributed by atoms with E-state index in [4.69, 9.17) is 0 Å². The molecule has 5 nitrogen and oxygen atoms in total. The van der Waals surface area contributed by atoms with Crippen molar-refractivity contribution in [3.63, 3.8) is 0 Å². The fourth-order valence-corrected chi connectivity index (χ4v) is 3.63. The summed E-state index contributed by atoms with van der Waals surface area (Å²) in [5.74, 6) is -0.963. The first kappa shape index (κ1) is 18.5. The van der Waals surface area contributed by atoms with Gasteiger partial charge in [-0.15, -0.1) is 0 Å². The van der Waals surface area contributed by atoms with E-state index in [1.165, 1.54) is 18.2 Å². The van der Waals surface area contributed by atoms with Gasteiger partial charge in [0.05, 0.1) is 10.5 Å². The molecular formula is C17H15F3N2O3S. The smallest absolute Gasteiger partial charge is 0.341 e. The zero-order valence-electron chi connectivity index (χ0n) is 13.6. The number of amides is 3. The summed E-state index contributed by atoms with van der Waals surface area (Å²) in [5, 5.41) is -0.597. The molecule has 26 heavy (non-hydrogen) atoms. The summed E-state index contributed by atoms with van der Waals surface area (Å²) in [7, 11) is 0. The van der Waals surface area contributed by atoms with Gasteiger partial charge in [-0.3, -0.25) is 19.3 Å². The van der Waals surface area contributed by atoms with Crippen molar-refractivity contribution in [2.75, 3.05) is 19.6 Å². The molecule has 0 aromatic heterocycles. The topological polar surface area (TPSA) is 57.7 Å². The van der Waals surface area contributed by atoms with E-state index in [2.05, 4.69) is 0 Å². The van der Waals surface area contributed by atoms with Crippen molar-refractivity contribution in [2.24, 2.45) is 0 Å². The molecule has 9 heteroatoms. The lowest BCUT2D eigenvalue weighted by molar-refractivity contribution is -0.137. The van der Waals surface area contributed by atoms with Crippen molar-refractivity contribution in [3.8, 4) is 0 Å². The number of nitrogens with zero attached hydrogens (tertiary/aromatic N) is 2. The third-order valence-corrected chi connectivity index (χ3v) is 5.04. The number of likely N-dealkylation sites (tertiary alicyclic amines) is 1. The molecule has 3 rings (SSSR count). The van der Waals surface area contributed by atoms with Crippen molar-refractivity contribution >= 4 is 34.9 Å². The number of rotatable bonds is 3. The molecule has 3 amide bonds. The largest absolute Gasteiger partial charge is 0.416 e. The highest BCUT2D eigenvalue weighted by Crippen LogP contribution is 2.34. The van der Waals surface area contributed by atoms with E-state index in [-0.39, 0.29) is 22.9 Å². The van der Waals surface area contributed by atoms with Gasteiger partial charge in [0.1, 0.15) is 6.54 Å². The van der Waals surface area contributed by atoms with Crippen LogP contribution in [-0.2, 0) is 15.8 Å². The SMILES string of the molecule is O=C(CN1C(=O)S/C(=C\c2cccc(C(F)(F)F)c2)C1=O)N1CCCC1. The fourth-order valence-electron chi connectivity index (χ4n) is 2.79. The van der Waals surface area contributed by atoms with Crippen LogP contribution in [0.2, 0.25) is 0 Å². The van der Waals surface area contributed by atoms with Crippen LogP contribution in [0.3, 0.4) is 0 Å². The normalized spacial score (nSPS) is 19.7. The van der Waals surface area contributed by atoms with Crippen molar-refractivity contribution < 1.29 is 27.6 Å². The number of halogens is 3. The molecule has 0 N–H and O–H groups in total. The van der Waals surface area contributed by atoms with Crippen LogP contribution in [0, 0.1) is 0 Å². The van der Waals surface area contributed by atoms with Gasteiger partial charge >= 0.3 is 6.18 Å². The van der Waals surface area contributed by atoms with Crippen molar-refractivity contribution in [3.05, 3.63) is 40.3 Å². The van der Waals surface area contributed by atoms with Crippen LogP contribution < -0.4 is 0 Å². The summed E-state index contributed by atoms with van der Waals surface area (Å²) >= 11 is 0.621. The molecule has 2 fully saturated rings. The van der Waals surface area contributed by atoms with E-state index < -0.39 is 22.9 Å². The number of hydrogen-bond acceptors (Lipinski definition) is 4. The Morgan fingerprint density at radius 2 is 1.88 bits per heavy atom. The quantitative estimate of drug-likeness (QED) is 0.750. The van der Waals surface area contributed by atoms with Crippen LogP contribution in [0.15, 0.2) is 29.2 Å². The summed E-state index contributed by atoms with van der Waals surface area (Å²) in [6.45, 7) is 0.870. The van der Waals surface area contributed by atoms with Gasteiger partial charge in [-0.25, -0.2) is 0 Å².